The maximum absolute atomic E-state index is 12.4. The van der Waals surface area contributed by atoms with Crippen molar-refractivity contribution >= 4 is 33.4 Å². The summed E-state index contributed by atoms with van der Waals surface area (Å²) >= 11 is 3.35. The molecule has 132 valence electrons. The number of benzene rings is 2. The van der Waals surface area contributed by atoms with E-state index in [1.807, 2.05) is 26.0 Å². The van der Waals surface area contributed by atoms with E-state index in [-0.39, 0.29) is 11.8 Å². The number of amides is 2. The molecule has 0 aliphatic rings. The predicted molar refractivity (Wildman–Crippen MR) is 102 cm³/mol. The fraction of sp³-hybridized carbons (Fsp3) is 0.263. The summed E-state index contributed by atoms with van der Waals surface area (Å²) in [4.78, 5) is 24.3. The number of nitrogens with one attached hydrogen (secondary N) is 2. The molecular weight excluding hydrogens is 384 g/mol. The lowest BCUT2D eigenvalue weighted by Gasteiger charge is -2.16. The quantitative estimate of drug-likeness (QED) is 0.766. The zero-order valence-corrected chi connectivity index (χ0v) is 16.0. The zero-order valence-electron chi connectivity index (χ0n) is 14.4. The van der Waals surface area contributed by atoms with Gasteiger partial charge in [0.05, 0.1) is 0 Å². The number of hydrogen-bond donors (Lipinski definition) is 2. The highest BCUT2D eigenvalue weighted by molar-refractivity contribution is 9.10. The normalized spacial score (nSPS) is 11.5. The van der Waals surface area contributed by atoms with Gasteiger partial charge in [0.2, 0.25) is 0 Å². The van der Waals surface area contributed by atoms with Crippen LogP contribution in [0.2, 0.25) is 0 Å². The third-order valence-electron chi connectivity index (χ3n) is 3.59. The summed E-state index contributed by atoms with van der Waals surface area (Å²) < 4.78 is 6.59. The van der Waals surface area contributed by atoms with E-state index in [1.54, 1.807) is 37.3 Å². The van der Waals surface area contributed by atoms with E-state index in [0.717, 1.165) is 10.0 Å². The van der Waals surface area contributed by atoms with Gasteiger partial charge in [-0.05, 0) is 62.7 Å². The van der Waals surface area contributed by atoms with Crippen molar-refractivity contribution in [2.24, 2.45) is 0 Å². The number of carbonyl (C=O) groups excluding carboxylic acids is 2. The van der Waals surface area contributed by atoms with Crippen molar-refractivity contribution in [1.29, 1.82) is 0 Å². The number of aryl methyl sites for hydroxylation is 1. The van der Waals surface area contributed by atoms with Crippen LogP contribution in [0.25, 0.3) is 0 Å². The van der Waals surface area contributed by atoms with Gasteiger partial charge in [-0.1, -0.05) is 22.0 Å². The second-order valence-electron chi connectivity index (χ2n) is 5.59. The molecule has 0 aliphatic carbocycles. The maximum atomic E-state index is 12.4. The van der Waals surface area contributed by atoms with Crippen molar-refractivity contribution in [3.63, 3.8) is 0 Å². The topological polar surface area (TPSA) is 67.4 Å². The summed E-state index contributed by atoms with van der Waals surface area (Å²) in [5.41, 5.74) is 1.97. The van der Waals surface area contributed by atoms with Gasteiger partial charge in [-0.3, -0.25) is 9.59 Å². The number of anilines is 1. The largest absolute Gasteiger partial charge is 0.481 e. The van der Waals surface area contributed by atoms with Crippen LogP contribution in [-0.4, -0.2) is 24.5 Å². The Balaban J connectivity index is 2.07. The fourth-order valence-corrected chi connectivity index (χ4v) is 2.43. The molecule has 2 aromatic rings. The van der Waals surface area contributed by atoms with Crippen LogP contribution < -0.4 is 15.4 Å². The number of carbonyl (C=O) groups is 2. The average Bonchev–Trinajstić information content (AvgIpc) is 2.59. The second kappa shape index (κ2) is 8.67. The molecule has 1 unspecified atom stereocenters. The van der Waals surface area contributed by atoms with E-state index in [9.17, 15) is 9.59 Å². The summed E-state index contributed by atoms with van der Waals surface area (Å²) in [7, 11) is 0. The standard InChI is InChI=1S/C19H21BrN2O3/c1-4-21-19(24)14-6-5-12(2)17(11-14)22-18(23)13(3)25-16-9-7-15(20)8-10-16/h5-11,13H,4H2,1-3H3,(H,21,24)(H,22,23). The molecule has 0 aliphatic heterocycles. The van der Waals surface area contributed by atoms with E-state index < -0.39 is 6.10 Å². The summed E-state index contributed by atoms with van der Waals surface area (Å²) in [6.45, 7) is 5.96. The Hall–Kier alpha value is -2.34. The first-order valence-electron chi connectivity index (χ1n) is 8.02. The first kappa shape index (κ1) is 19.0. The predicted octanol–water partition coefficient (Wildman–Crippen LogP) is 3.91. The van der Waals surface area contributed by atoms with Crippen molar-refractivity contribution in [3.8, 4) is 5.75 Å². The lowest BCUT2D eigenvalue weighted by Crippen LogP contribution is -2.30. The van der Waals surface area contributed by atoms with E-state index in [0.29, 0.717) is 23.5 Å². The molecule has 0 bridgehead atoms. The molecule has 2 N–H and O–H groups in total. The minimum absolute atomic E-state index is 0.169. The van der Waals surface area contributed by atoms with Gasteiger partial charge in [-0.2, -0.15) is 0 Å². The van der Waals surface area contributed by atoms with E-state index in [2.05, 4.69) is 26.6 Å². The molecule has 0 aromatic heterocycles. The van der Waals surface area contributed by atoms with Crippen LogP contribution in [0, 0.1) is 6.92 Å². The van der Waals surface area contributed by atoms with Crippen molar-refractivity contribution in [1.82, 2.24) is 5.32 Å². The number of ether oxygens (including phenoxy) is 1. The van der Waals surface area contributed by atoms with Crippen LogP contribution in [0.15, 0.2) is 46.9 Å². The van der Waals surface area contributed by atoms with Crippen molar-refractivity contribution in [2.45, 2.75) is 26.9 Å². The molecule has 0 spiro atoms. The number of hydrogen-bond acceptors (Lipinski definition) is 3. The van der Waals surface area contributed by atoms with Crippen LogP contribution in [0.5, 0.6) is 5.75 Å². The van der Waals surface area contributed by atoms with Crippen LogP contribution in [0.3, 0.4) is 0 Å². The molecule has 2 amide bonds. The Morgan fingerprint density at radius 2 is 1.84 bits per heavy atom. The number of rotatable bonds is 6. The lowest BCUT2D eigenvalue weighted by molar-refractivity contribution is -0.122. The van der Waals surface area contributed by atoms with Crippen molar-refractivity contribution in [2.75, 3.05) is 11.9 Å². The van der Waals surface area contributed by atoms with Gasteiger partial charge in [0.1, 0.15) is 5.75 Å². The second-order valence-corrected chi connectivity index (χ2v) is 6.51. The van der Waals surface area contributed by atoms with Gasteiger partial charge in [-0.15, -0.1) is 0 Å². The fourth-order valence-electron chi connectivity index (χ4n) is 2.17. The zero-order chi connectivity index (χ0) is 18.4. The van der Waals surface area contributed by atoms with E-state index in [1.165, 1.54) is 0 Å². The van der Waals surface area contributed by atoms with Gasteiger partial charge < -0.3 is 15.4 Å². The minimum Gasteiger partial charge on any atom is -0.481 e. The van der Waals surface area contributed by atoms with Gasteiger partial charge in [0.15, 0.2) is 6.10 Å². The van der Waals surface area contributed by atoms with Crippen LogP contribution >= 0.6 is 15.9 Å². The molecular formula is C19H21BrN2O3. The van der Waals surface area contributed by atoms with E-state index in [4.69, 9.17) is 4.74 Å². The monoisotopic (exact) mass is 404 g/mol. The van der Waals surface area contributed by atoms with Gasteiger partial charge in [-0.25, -0.2) is 0 Å². The Morgan fingerprint density at radius 1 is 1.16 bits per heavy atom. The Bertz CT molecular complexity index is 760. The number of halogens is 1. The summed E-state index contributed by atoms with van der Waals surface area (Å²) in [6, 6.07) is 12.5. The SMILES string of the molecule is CCNC(=O)c1ccc(C)c(NC(=O)C(C)Oc2ccc(Br)cc2)c1. The van der Waals surface area contributed by atoms with Crippen LogP contribution in [0.1, 0.15) is 29.8 Å². The maximum Gasteiger partial charge on any atom is 0.265 e. The van der Waals surface area contributed by atoms with Crippen molar-refractivity contribution in [3.05, 3.63) is 58.1 Å². The highest BCUT2D eigenvalue weighted by atomic mass is 79.9. The average molecular weight is 405 g/mol. The molecule has 1 atom stereocenters. The Labute approximate surface area is 155 Å². The molecule has 5 nitrogen and oxygen atoms in total. The van der Waals surface area contributed by atoms with Crippen molar-refractivity contribution < 1.29 is 14.3 Å². The lowest BCUT2D eigenvalue weighted by atomic mass is 10.1. The molecule has 0 saturated heterocycles. The molecule has 6 heteroatoms. The smallest absolute Gasteiger partial charge is 0.265 e. The Kier molecular flexibility index (Phi) is 6.58. The summed E-state index contributed by atoms with van der Waals surface area (Å²) in [5, 5.41) is 5.57. The van der Waals surface area contributed by atoms with Crippen LogP contribution in [-0.2, 0) is 4.79 Å². The van der Waals surface area contributed by atoms with Gasteiger partial charge in [0.25, 0.3) is 11.8 Å². The highest BCUT2D eigenvalue weighted by Gasteiger charge is 2.17. The third kappa shape index (κ3) is 5.32. The molecule has 0 heterocycles. The summed E-state index contributed by atoms with van der Waals surface area (Å²) in [6.07, 6.45) is -0.673. The molecule has 0 fully saturated rings. The van der Waals surface area contributed by atoms with Crippen LogP contribution in [0.4, 0.5) is 5.69 Å². The van der Waals surface area contributed by atoms with Gasteiger partial charge >= 0.3 is 0 Å². The van der Waals surface area contributed by atoms with Gasteiger partial charge in [0, 0.05) is 22.3 Å². The first-order chi connectivity index (χ1) is 11.9. The molecule has 2 aromatic carbocycles. The minimum atomic E-state index is -0.673. The molecule has 25 heavy (non-hydrogen) atoms. The molecule has 0 saturated carbocycles. The summed E-state index contributed by atoms with van der Waals surface area (Å²) in [5.74, 6) is 0.162. The molecule has 0 radical (unpaired) electrons. The van der Waals surface area contributed by atoms with E-state index >= 15 is 0 Å². The first-order valence-corrected chi connectivity index (χ1v) is 8.82. The molecule has 2 rings (SSSR count). The highest BCUT2D eigenvalue weighted by Crippen LogP contribution is 2.20. The Morgan fingerprint density at radius 3 is 2.48 bits per heavy atom. The third-order valence-corrected chi connectivity index (χ3v) is 4.12.